The lowest BCUT2D eigenvalue weighted by Crippen LogP contribution is -2.45. The van der Waals surface area contributed by atoms with E-state index in [4.69, 9.17) is 4.74 Å². The largest absolute Gasteiger partial charge is 0.490 e. The number of anilines is 1. The van der Waals surface area contributed by atoms with Crippen molar-refractivity contribution in [2.24, 2.45) is 0 Å². The van der Waals surface area contributed by atoms with E-state index in [1.54, 1.807) is 18.2 Å². The summed E-state index contributed by atoms with van der Waals surface area (Å²) in [6.07, 6.45) is -0.951. The molecule has 1 saturated heterocycles. The first kappa shape index (κ1) is 25.2. The van der Waals surface area contributed by atoms with Gasteiger partial charge in [-0.3, -0.25) is 9.69 Å². The van der Waals surface area contributed by atoms with Crippen molar-refractivity contribution in [2.75, 3.05) is 51.7 Å². The summed E-state index contributed by atoms with van der Waals surface area (Å²) in [5.41, 5.74) is 0.154. The molecule has 9 nitrogen and oxygen atoms in total. The number of aromatic nitrogens is 4. The number of nitrogens with zero attached hydrogens (tertiary/aromatic N) is 5. The number of aromatic amines is 1. The number of benzene rings is 1. The number of nitrogens with one attached hydrogen (secondary N) is 2. The number of imidazole rings is 1. The molecule has 36 heavy (non-hydrogen) atoms. The molecule has 0 spiro atoms. The van der Waals surface area contributed by atoms with Crippen LogP contribution in [0.4, 0.5) is 18.9 Å². The van der Waals surface area contributed by atoms with Gasteiger partial charge in [-0.2, -0.15) is 23.4 Å². The third-order valence-electron chi connectivity index (χ3n) is 5.55. The van der Waals surface area contributed by atoms with E-state index in [1.807, 2.05) is 0 Å². The van der Waals surface area contributed by atoms with Crippen molar-refractivity contribution < 1.29 is 22.7 Å². The Hall–Kier alpha value is -3.95. The highest BCUT2D eigenvalue weighted by molar-refractivity contribution is 6.05. The van der Waals surface area contributed by atoms with Crippen LogP contribution in [0.25, 0.3) is 11.4 Å². The van der Waals surface area contributed by atoms with Gasteiger partial charge in [-0.15, -0.1) is 0 Å². The summed E-state index contributed by atoms with van der Waals surface area (Å²) in [4.78, 5) is 23.1. The number of likely N-dealkylation sites (N-methyl/N-ethyl adjacent to an activating group) is 1. The molecule has 0 bridgehead atoms. The number of H-pyrrole nitrogens is 1. The molecule has 0 aliphatic carbocycles. The number of carbonyl (C=O) groups is 1. The van der Waals surface area contributed by atoms with Gasteiger partial charge in [0.05, 0.1) is 24.3 Å². The Morgan fingerprint density at radius 2 is 1.97 bits per heavy atom. The summed E-state index contributed by atoms with van der Waals surface area (Å²) >= 11 is 0. The topological polar surface area (TPSA) is 99.3 Å². The quantitative estimate of drug-likeness (QED) is 0.503. The lowest BCUT2D eigenvalue weighted by atomic mass is 10.1. The summed E-state index contributed by atoms with van der Waals surface area (Å²) in [6.45, 7) is 4.89. The summed E-state index contributed by atoms with van der Waals surface area (Å²) in [5.74, 6) is 4.90. The Morgan fingerprint density at radius 3 is 2.67 bits per heavy atom. The van der Waals surface area contributed by atoms with Gasteiger partial charge in [0.15, 0.2) is 0 Å². The molecule has 1 aliphatic heterocycles. The zero-order chi connectivity index (χ0) is 25.5. The van der Waals surface area contributed by atoms with Crippen LogP contribution < -0.4 is 10.1 Å². The van der Waals surface area contributed by atoms with Crippen LogP contribution in [0.2, 0.25) is 0 Å². The van der Waals surface area contributed by atoms with Crippen LogP contribution in [0.1, 0.15) is 11.3 Å². The zero-order valence-electron chi connectivity index (χ0n) is 19.5. The van der Waals surface area contributed by atoms with Crippen LogP contribution in [0, 0.1) is 11.8 Å². The minimum absolute atomic E-state index is 0.00996. The number of carbonyl (C=O) groups excluding carboxylic acids is 1. The van der Waals surface area contributed by atoms with E-state index < -0.39 is 17.8 Å². The van der Waals surface area contributed by atoms with E-state index in [1.165, 1.54) is 18.5 Å². The fourth-order valence-corrected chi connectivity index (χ4v) is 3.52. The number of piperazine rings is 1. The molecule has 3 aromatic rings. The first-order valence-corrected chi connectivity index (χ1v) is 11.2. The highest BCUT2D eigenvalue weighted by Gasteiger charge is 2.33. The highest BCUT2D eigenvalue weighted by Crippen LogP contribution is 2.32. The molecule has 4 rings (SSSR count). The van der Waals surface area contributed by atoms with Crippen molar-refractivity contribution in [3.8, 4) is 29.0 Å². The number of hydrogen-bond donors (Lipinski definition) is 2. The van der Waals surface area contributed by atoms with Crippen molar-refractivity contribution in [3.63, 3.8) is 0 Å². The van der Waals surface area contributed by atoms with Gasteiger partial charge in [0.1, 0.15) is 23.9 Å². The molecule has 1 fully saturated rings. The van der Waals surface area contributed by atoms with Crippen LogP contribution in [-0.4, -0.2) is 82.3 Å². The molecular weight excluding hydrogens is 475 g/mol. The van der Waals surface area contributed by atoms with Gasteiger partial charge in [-0.05, 0) is 31.3 Å². The van der Waals surface area contributed by atoms with Crippen LogP contribution >= 0.6 is 0 Å². The molecule has 2 aromatic heterocycles. The van der Waals surface area contributed by atoms with Crippen molar-refractivity contribution in [2.45, 2.75) is 6.18 Å². The summed E-state index contributed by atoms with van der Waals surface area (Å²) in [6, 6.07) is 6.27. The predicted molar refractivity (Wildman–Crippen MR) is 126 cm³/mol. The Kier molecular flexibility index (Phi) is 7.82. The molecule has 12 heteroatoms. The molecule has 2 N–H and O–H groups in total. The van der Waals surface area contributed by atoms with Gasteiger partial charge in [-0.25, -0.2) is 4.98 Å². The molecule has 0 radical (unpaired) electrons. The van der Waals surface area contributed by atoms with Crippen LogP contribution in [0.15, 0.2) is 42.9 Å². The standard InChI is InChI=1S/C24H24F3N7O2/c1-33-8-10-34(11-9-33)12-13-36-20-4-3-18(23-28-16-21(32-23)24(25,26)27)14-19(20)31-22(35)5-2-17-6-7-29-30-15-17/h3-4,6-7,14-16H,8-13H2,1H3,(H,28,32)(H,31,35). The van der Waals surface area contributed by atoms with Crippen molar-refractivity contribution in [3.05, 3.63) is 54.1 Å². The normalized spacial score (nSPS) is 14.7. The van der Waals surface area contributed by atoms with E-state index in [0.717, 1.165) is 32.4 Å². The first-order valence-electron chi connectivity index (χ1n) is 11.2. The van der Waals surface area contributed by atoms with Gasteiger partial charge in [-0.1, -0.05) is 5.92 Å². The Labute approximate surface area is 205 Å². The average molecular weight is 499 g/mol. The predicted octanol–water partition coefficient (Wildman–Crippen LogP) is 2.50. The third kappa shape index (κ3) is 6.80. The summed E-state index contributed by atoms with van der Waals surface area (Å²) < 4.78 is 44.9. The molecular formula is C24H24F3N7O2. The van der Waals surface area contributed by atoms with Gasteiger partial charge in [0.25, 0.3) is 0 Å². The molecule has 188 valence electrons. The maximum atomic E-state index is 13.0. The Bertz CT molecular complexity index is 1240. The first-order chi connectivity index (χ1) is 17.3. The van der Waals surface area contributed by atoms with Gasteiger partial charge in [0, 0.05) is 49.8 Å². The minimum atomic E-state index is -4.55. The number of rotatable bonds is 6. The molecule has 1 aliphatic rings. The number of alkyl halides is 3. The van der Waals surface area contributed by atoms with E-state index in [2.05, 4.69) is 54.2 Å². The SMILES string of the molecule is CN1CCN(CCOc2ccc(-c3ncc(C(F)(F)F)[nH]3)cc2NC(=O)C#Cc2ccnnc2)CC1. The molecule has 1 aromatic carbocycles. The number of halogens is 3. The van der Waals surface area contributed by atoms with Crippen molar-refractivity contribution >= 4 is 11.6 Å². The monoisotopic (exact) mass is 499 g/mol. The second kappa shape index (κ2) is 11.2. The van der Waals surface area contributed by atoms with Gasteiger partial charge in [0.2, 0.25) is 0 Å². The number of hydrogen-bond acceptors (Lipinski definition) is 7. The highest BCUT2D eigenvalue weighted by atomic mass is 19.4. The van der Waals surface area contributed by atoms with Crippen LogP contribution in [0.5, 0.6) is 5.75 Å². The molecule has 0 unspecified atom stereocenters. The smallest absolute Gasteiger partial charge is 0.432 e. The Balaban J connectivity index is 1.51. The van der Waals surface area contributed by atoms with E-state index >= 15 is 0 Å². The van der Waals surface area contributed by atoms with Crippen molar-refractivity contribution in [1.82, 2.24) is 30.0 Å². The summed E-state index contributed by atoms with van der Waals surface area (Å²) in [5, 5.41) is 10.0. The van der Waals surface area contributed by atoms with Gasteiger partial charge >= 0.3 is 12.1 Å². The van der Waals surface area contributed by atoms with Crippen LogP contribution in [-0.2, 0) is 11.0 Å². The fraction of sp³-hybridized carbons (Fsp3) is 0.333. The number of amides is 1. The molecule has 3 heterocycles. The lowest BCUT2D eigenvalue weighted by Gasteiger charge is -2.32. The van der Waals surface area contributed by atoms with Gasteiger partial charge < -0.3 is 19.9 Å². The fourth-order valence-electron chi connectivity index (χ4n) is 3.52. The molecule has 0 saturated carbocycles. The van der Waals surface area contributed by atoms with E-state index in [-0.39, 0.29) is 11.5 Å². The number of ether oxygens (including phenoxy) is 1. The molecule has 1 amide bonds. The van der Waals surface area contributed by atoms with E-state index in [0.29, 0.717) is 30.0 Å². The lowest BCUT2D eigenvalue weighted by molar-refractivity contribution is -0.140. The Morgan fingerprint density at radius 1 is 1.17 bits per heavy atom. The maximum Gasteiger partial charge on any atom is 0.432 e. The van der Waals surface area contributed by atoms with E-state index in [9.17, 15) is 18.0 Å². The van der Waals surface area contributed by atoms with Crippen LogP contribution in [0.3, 0.4) is 0 Å². The second-order valence-electron chi connectivity index (χ2n) is 8.18. The van der Waals surface area contributed by atoms with Crippen molar-refractivity contribution in [1.29, 1.82) is 0 Å². The zero-order valence-corrected chi connectivity index (χ0v) is 19.5. The maximum absolute atomic E-state index is 13.0. The molecule has 0 atom stereocenters. The summed E-state index contributed by atoms with van der Waals surface area (Å²) in [7, 11) is 2.08. The second-order valence-corrected chi connectivity index (χ2v) is 8.18. The minimum Gasteiger partial charge on any atom is -0.490 e. The average Bonchev–Trinajstić information content (AvgIpc) is 3.37. The third-order valence-corrected chi connectivity index (χ3v) is 5.55.